The summed E-state index contributed by atoms with van der Waals surface area (Å²) in [7, 11) is 0. The van der Waals surface area contributed by atoms with Crippen molar-refractivity contribution in [3.8, 4) is 10.6 Å². The monoisotopic (exact) mass is 540 g/mol. The Morgan fingerprint density at radius 2 is 1.05 bits per heavy atom. The standard InChI is InChI=1S/C38H24N2S/c1-21(29-17-13-27-11-9-23-5-3-7-25-14-18-30(29)35(27)33(23)25)39-37-22(2)40-38(41-37)32-20-16-28-12-10-24-6-4-8-26-15-19-31(32)36(28)34(24)26/h3-20H,1-2H3. The Hall–Kier alpha value is -4.86. The van der Waals surface area contributed by atoms with Crippen LogP contribution in [0.5, 0.6) is 0 Å². The Morgan fingerprint density at radius 1 is 0.561 bits per heavy atom. The first kappa shape index (κ1) is 22.9. The van der Waals surface area contributed by atoms with Gasteiger partial charge in [0.2, 0.25) is 0 Å². The van der Waals surface area contributed by atoms with Crippen molar-refractivity contribution in [2.75, 3.05) is 0 Å². The molecule has 8 aromatic carbocycles. The van der Waals surface area contributed by atoms with Gasteiger partial charge in [0.25, 0.3) is 0 Å². The topological polar surface area (TPSA) is 25.2 Å². The fraction of sp³-hybridized carbons (Fsp3) is 0.0526. The number of thiazole rings is 1. The molecule has 41 heavy (non-hydrogen) atoms. The van der Waals surface area contributed by atoms with E-state index in [1.807, 2.05) is 0 Å². The maximum atomic E-state index is 5.19. The van der Waals surface area contributed by atoms with E-state index < -0.39 is 0 Å². The molecule has 0 atom stereocenters. The minimum absolute atomic E-state index is 0.966. The van der Waals surface area contributed by atoms with E-state index >= 15 is 0 Å². The minimum Gasteiger partial charge on any atom is -0.240 e. The van der Waals surface area contributed by atoms with Crippen molar-refractivity contribution in [1.29, 1.82) is 0 Å². The lowest BCUT2D eigenvalue weighted by atomic mass is 9.91. The molecular formula is C38H24N2S. The van der Waals surface area contributed by atoms with Gasteiger partial charge in [0.15, 0.2) is 0 Å². The molecule has 0 aliphatic carbocycles. The van der Waals surface area contributed by atoms with Crippen LogP contribution >= 0.6 is 11.3 Å². The normalized spacial score (nSPS) is 12.8. The van der Waals surface area contributed by atoms with Gasteiger partial charge in [0.05, 0.1) is 5.69 Å². The van der Waals surface area contributed by atoms with Gasteiger partial charge in [-0.2, -0.15) is 0 Å². The van der Waals surface area contributed by atoms with E-state index in [-0.39, 0.29) is 0 Å². The zero-order valence-corrected chi connectivity index (χ0v) is 23.5. The average Bonchev–Trinajstić information content (AvgIpc) is 3.37. The van der Waals surface area contributed by atoms with Crippen LogP contribution in [0.2, 0.25) is 0 Å². The molecule has 9 aromatic rings. The molecule has 1 aromatic heterocycles. The molecule has 0 saturated heterocycles. The highest BCUT2D eigenvalue weighted by atomic mass is 32.1. The van der Waals surface area contributed by atoms with E-state index in [1.165, 1.54) is 75.8 Å². The van der Waals surface area contributed by atoms with Crippen LogP contribution in [0.3, 0.4) is 0 Å². The van der Waals surface area contributed by atoms with Gasteiger partial charge in [0, 0.05) is 16.8 Å². The summed E-state index contributed by atoms with van der Waals surface area (Å²) in [4.78, 5) is 10.2. The van der Waals surface area contributed by atoms with Crippen molar-refractivity contribution in [3.63, 3.8) is 0 Å². The predicted molar refractivity (Wildman–Crippen MR) is 178 cm³/mol. The third-order valence-corrected chi connectivity index (χ3v) is 9.80. The van der Waals surface area contributed by atoms with Gasteiger partial charge >= 0.3 is 0 Å². The second-order valence-electron chi connectivity index (χ2n) is 11.0. The van der Waals surface area contributed by atoms with Gasteiger partial charge in [0.1, 0.15) is 10.0 Å². The van der Waals surface area contributed by atoms with Gasteiger partial charge in [-0.05, 0) is 78.5 Å². The summed E-state index contributed by atoms with van der Waals surface area (Å²) < 4.78 is 0. The number of rotatable bonds is 3. The van der Waals surface area contributed by atoms with E-state index in [2.05, 4.69) is 123 Å². The second kappa shape index (κ2) is 8.33. The summed E-state index contributed by atoms with van der Waals surface area (Å²) in [6, 6.07) is 39.9. The zero-order valence-electron chi connectivity index (χ0n) is 22.7. The maximum absolute atomic E-state index is 5.19. The number of nitrogens with zero attached hydrogens (tertiary/aromatic N) is 2. The molecule has 0 saturated carbocycles. The summed E-state index contributed by atoms with van der Waals surface area (Å²) >= 11 is 1.68. The van der Waals surface area contributed by atoms with Gasteiger partial charge in [-0.3, -0.25) is 0 Å². The molecule has 2 nitrogen and oxygen atoms in total. The van der Waals surface area contributed by atoms with Gasteiger partial charge < -0.3 is 0 Å². The third-order valence-electron chi connectivity index (χ3n) is 8.72. The summed E-state index contributed by atoms with van der Waals surface area (Å²) in [5.74, 6) is 0. The largest absolute Gasteiger partial charge is 0.240 e. The van der Waals surface area contributed by atoms with Crippen molar-refractivity contribution in [3.05, 3.63) is 120 Å². The van der Waals surface area contributed by atoms with E-state index in [0.717, 1.165) is 21.4 Å². The third kappa shape index (κ3) is 3.24. The highest BCUT2D eigenvalue weighted by Gasteiger charge is 2.17. The lowest BCUT2D eigenvalue weighted by Crippen LogP contribution is -1.97. The molecule has 0 spiro atoms. The van der Waals surface area contributed by atoms with E-state index in [0.29, 0.717) is 0 Å². The summed E-state index contributed by atoms with van der Waals surface area (Å²) in [5, 5.41) is 17.5. The van der Waals surface area contributed by atoms with Crippen molar-refractivity contribution >= 4 is 86.7 Å². The Morgan fingerprint density at radius 3 is 1.68 bits per heavy atom. The highest BCUT2D eigenvalue weighted by Crippen LogP contribution is 2.43. The SMILES string of the molecule is CC(=Nc1sc(-c2ccc3ccc4cccc5ccc2c3c45)nc1C)c1ccc2ccc3cccc4ccc1c2c34. The molecule has 0 aliphatic heterocycles. The lowest BCUT2D eigenvalue weighted by Gasteiger charge is -2.13. The Labute approximate surface area is 240 Å². The first-order chi connectivity index (χ1) is 20.1. The quantitative estimate of drug-likeness (QED) is 0.162. The van der Waals surface area contributed by atoms with E-state index in [4.69, 9.17) is 9.98 Å². The van der Waals surface area contributed by atoms with E-state index in [9.17, 15) is 0 Å². The van der Waals surface area contributed by atoms with Crippen LogP contribution in [0.4, 0.5) is 5.00 Å². The fourth-order valence-electron chi connectivity index (χ4n) is 6.79. The predicted octanol–water partition coefficient (Wildman–Crippen LogP) is 11.1. The molecule has 9 rings (SSSR count). The Kier molecular flexibility index (Phi) is 4.65. The number of hydrogen-bond acceptors (Lipinski definition) is 3. The van der Waals surface area contributed by atoms with Crippen LogP contribution in [-0.4, -0.2) is 10.7 Å². The molecule has 3 heteroatoms. The van der Waals surface area contributed by atoms with E-state index in [1.54, 1.807) is 11.3 Å². The average molecular weight is 541 g/mol. The summed E-state index contributed by atoms with van der Waals surface area (Å²) in [6.07, 6.45) is 0. The molecule has 0 amide bonds. The van der Waals surface area contributed by atoms with Crippen molar-refractivity contribution in [2.24, 2.45) is 4.99 Å². The van der Waals surface area contributed by atoms with Crippen LogP contribution < -0.4 is 0 Å². The molecule has 0 N–H and O–H groups in total. The number of aromatic nitrogens is 1. The molecule has 0 fully saturated rings. The molecule has 0 aliphatic rings. The van der Waals surface area contributed by atoms with Crippen LogP contribution in [-0.2, 0) is 0 Å². The maximum Gasteiger partial charge on any atom is 0.139 e. The number of aliphatic imine (C=N–C) groups is 1. The van der Waals surface area contributed by atoms with Gasteiger partial charge in [-0.25, -0.2) is 9.98 Å². The fourth-order valence-corrected chi connectivity index (χ4v) is 7.82. The van der Waals surface area contributed by atoms with Crippen LogP contribution in [0.25, 0.3) is 75.2 Å². The van der Waals surface area contributed by atoms with Crippen LogP contribution in [0.1, 0.15) is 18.2 Å². The molecular weight excluding hydrogens is 516 g/mol. The number of hydrogen-bond donors (Lipinski definition) is 0. The van der Waals surface area contributed by atoms with Gasteiger partial charge in [-0.15, -0.1) is 0 Å². The molecule has 192 valence electrons. The van der Waals surface area contributed by atoms with Crippen LogP contribution in [0.15, 0.2) is 114 Å². The van der Waals surface area contributed by atoms with Crippen LogP contribution in [0, 0.1) is 6.92 Å². The highest BCUT2D eigenvalue weighted by molar-refractivity contribution is 7.19. The lowest BCUT2D eigenvalue weighted by molar-refractivity contribution is 1.26. The zero-order chi connectivity index (χ0) is 27.2. The van der Waals surface area contributed by atoms with Crippen molar-refractivity contribution in [1.82, 2.24) is 4.98 Å². The van der Waals surface area contributed by atoms with Crippen molar-refractivity contribution in [2.45, 2.75) is 13.8 Å². The molecule has 1 heterocycles. The summed E-state index contributed by atoms with van der Waals surface area (Å²) in [6.45, 7) is 4.20. The second-order valence-corrected chi connectivity index (χ2v) is 12.0. The molecule has 0 unspecified atom stereocenters. The number of benzene rings is 8. The summed E-state index contributed by atoms with van der Waals surface area (Å²) in [5.41, 5.74) is 4.32. The minimum atomic E-state index is 0.966. The van der Waals surface area contributed by atoms with Crippen molar-refractivity contribution < 1.29 is 0 Å². The molecule has 0 radical (unpaired) electrons. The smallest absolute Gasteiger partial charge is 0.139 e. The Balaban J connectivity index is 1.20. The Bertz CT molecular complexity index is 2470. The van der Waals surface area contributed by atoms with Gasteiger partial charge in [-0.1, -0.05) is 121 Å². The first-order valence-electron chi connectivity index (χ1n) is 14.0. The first-order valence-corrected chi connectivity index (χ1v) is 14.8. The molecule has 0 bridgehead atoms. The number of aryl methyl sites for hydroxylation is 1.